The minimum Gasteiger partial charge on any atom is -0.492 e. The van der Waals surface area contributed by atoms with Crippen molar-refractivity contribution in [2.45, 2.75) is 52.1 Å². The number of benzene rings is 2. The molecule has 1 saturated carbocycles. The normalized spacial score (nSPS) is 14.0. The number of nitrogens with one attached hydrogen (secondary N) is 1. The van der Waals surface area contributed by atoms with E-state index in [-0.39, 0.29) is 23.0 Å². The second kappa shape index (κ2) is 9.02. The predicted octanol–water partition coefficient (Wildman–Crippen LogP) is 4.30. The lowest BCUT2D eigenvalue weighted by Gasteiger charge is -2.31. The van der Waals surface area contributed by atoms with Crippen molar-refractivity contribution in [3.8, 4) is 11.4 Å². The smallest absolute Gasteiger partial charge is 0.263 e. The molecule has 4 rings (SSSR count). The van der Waals surface area contributed by atoms with Gasteiger partial charge in [0.15, 0.2) is 0 Å². The Kier molecular flexibility index (Phi) is 6.30. The quantitative estimate of drug-likeness (QED) is 0.587. The van der Waals surface area contributed by atoms with E-state index in [0.717, 1.165) is 30.3 Å². The van der Waals surface area contributed by atoms with Gasteiger partial charge in [0.2, 0.25) is 0 Å². The van der Waals surface area contributed by atoms with Crippen LogP contribution in [0.2, 0.25) is 0 Å². The van der Waals surface area contributed by atoms with E-state index >= 15 is 0 Å². The average Bonchev–Trinajstić information content (AvgIpc) is 3.58. The number of pyridine rings is 1. The van der Waals surface area contributed by atoms with E-state index in [0.29, 0.717) is 29.0 Å². The Morgan fingerprint density at radius 1 is 1.15 bits per heavy atom. The number of amides is 1. The minimum absolute atomic E-state index is 0.0719. The molecule has 0 unspecified atom stereocenters. The Hall–Kier alpha value is -3.12. The summed E-state index contributed by atoms with van der Waals surface area (Å²) in [4.78, 5) is 28.2. The number of hydrogen-bond acceptors (Lipinski definition) is 4. The molecule has 6 heteroatoms. The number of nitrogens with zero attached hydrogens (tertiary/aromatic N) is 2. The zero-order valence-corrected chi connectivity index (χ0v) is 20.1. The van der Waals surface area contributed by atoms with Gasteiger partial charge < -0.3 is 10.1 Å². The molecule has 1 N–H and O–H groups in total. The molecule has 1 aromatic heterocycles. The fourth-order valence-corrected chi connectivity index (χ4v) is 3.64. The van der Waals surface area contributed by atoms with Crippen molar-refractivity contribution in [1.29, 1.82) is 0 Å². The van der Waals surface area contributed by atoms with Gasteiger partial charge in [-0.15, -0.1) is 0 Å². The lowest BCUT2D eigenvalue weighted by Crippen LogP contribution is -2.40. The molecule has 0 saturated heterocycles. The highest BCUT2D eigenvalue weighted by atomic mass is 16.5. The molecule has 6 nitrogen and oxygen atoms in total. The molecular formula is C27H33N3O3. The Bertz CT molecular complexity index is 1240. The monoisotopic (exact) mass is 447 g/mol. The highest BCUT2D eigenvalue weighted by molar-refractivity contribution is 5.95. The summed E-state index contributed by atoms with van der Waals surface area (Å²) in [7, 11) is 2.07. The number of ether oxygens (including phenoxy) is 1. The van der Waals surface area contributed by atoms with Gasteiger partial charge >= 0.3 is 0 Å². The van der Waals surface area contributed by atoms with Crippen LogP contribution in [0.4, 0.5) is 0 Å². The van der Waals surface area contributed by atoms with Crippen LogP contribution in [0.15, 0.2) is 53.5 Å². The largest absolute Gasteiger partial charge is 0.492 e. The van der Waals surface area contributed by atoms with Crippen molar-refractivity contribution in [2.75, 3.05) is 20.2 Å². The third-order valence-electron chi connectivity index (χ3n) is 6.36. The first-order chi connectivity index (χ1) is 15.6. The Balaban J connectivity index is 1.61. The van der Waals surface area contributed by atoms with Gasteiger partial charge in [-0.1, -0.05) is 12.1 Å². The number of aromatic nitrogens is 1. The molecule has 1 fully saturated rings. The van der Waals surface area contributed by atoms with E-state index in [1.165, 1.54) is 0 Å². The maximum Gasteiger partial charge on any atom is 0.263 e. The number of rotatable bonds is 7. The maximum atomic E-state index is 13.4. The number of hydrogen-bond donors (Lipinski definition) is 1. The Morgan fingerprint density at radius 2 is 1.91 bits per heavy atom. The Labute approximate surface area is 195 Å². The van der Waals surface area contributed by atoms with E-state index in [9.17, 15) is 9.59 Å². The number of carbonyl (C=O) groups excluding carboxylic acids is 1. The highest BCUT2D eigenvalue weighted by Gasteiger charge is 2.24. The summed E-state index contributed by atoms with van der Waals surface area (Å²) < 4.78 is 7.57. The van der Waals surface area contributed by atoms with Crippen LogP contribution >= 0.6 is 0 Å². The predicted molar refractivity (Wildman–Crippen MR) is 133 cm³/mol. The number of likely N-dealkylation sites (N-methyl/N-ethyl adjacent to an activating group) is 1. The molecule has 2 aromatic carbocycles. The van der Waals surface area contributed by atoms with Gasteiger partial charge in [-0.25, -0.2) is 0 Å². The number of carbonyl (C=O) groups is 1. The fraction of sp³-hybridized carbons (Fsp3) is 0.407. The SMILES string of the molecule is Cc1ccc(C(=O)NC2CC2)cc1-n1ccc2ccc(OCCN(C)C(C)(C)C)cc2c1=O. The lowest BCUT2D eigenvalue weighted by molar-refractivity contribution is 0.0951. The summed E-state index contributed by atoms with van der Waals surface area (Å²) in [6.45, 7) is 9.76. The first-order valence-electron chi connectivity index (χ1n) is 11.5. The van der Waals surface area contributed by atoms with Crippen LogP contribution in [0.1, 0.15) is 49.5 Å². The molecule has 33 heavy (non-hydrogen) atoms. The average molecular weight is 448 g/mol. The standard InChI is InChI=1S/C27H33N3O3/c1-18-6-7-20(25(31)28-21-9-10-21)16-24(18)30-13-12-19-8-11-22(17-23(19)26(30)32)33-15-14-29(5)27(2,3)4/h6-8,11-13,16-17,21H,9-10,14-15H2,1-5H3,(H,28,31). The molecule has 1 heterocycles. The van der Waals surface area contributed by atoms with Crippen molar-refractivity contribution < 1.29 is 9.53 Å². The third kappa shape index (κ3) is 5.28. The van der Waals surface area contributed by atoms with E-state index in [1.54, 1.807) is 16.8 Å². The molecule has 0 atom stereocenters. The molecule has 0 spiro atoms. The summed E-state index contributed by atoms with van der Waals surface area (Å²) in [5.74, 6) is 0.581. The lowest BCUT2D eigenvalue weighted by atomic mass is 10.1. The first-order valence-corrected chi connectivity index (χ1v) is 11.5. The van der Waals surface area contributed by atoms with Crippen LogP contribution in [0.5, 0.6) is 5.75 Å². The minimum atomic E-state index is -0.132. The first kappa shape index (κ1) is 23.1. The summed E-state index contributed by atoms with van der Waals surface area (Å²) in [5, 5.41) is 4.46. The summed E-state index contributed by atoms with van der Waals surface area (Å²) >= 11 is 0. The van der Waals surface area contributed by atoms with Crippen LogP contribution in [-0.2, 0) is 0 Å². The van der Waals surface area contributed by atoms with Gasteiger partial charge in [-0.05, 0) is 88.9 Å². The zero-order chi connectivity index (χ0) is 23.8. The molecule has 1 aliphatic carbocycles. The summed E-state index contributed by atoms with van der Waals surface area (Å²) in [6.07, 6.45) is 3.84. The Morgan fingerprint density at radius 3 is 2.61 bits per heavy atom. The summed E-state index contributed by atoms with van der Waals surface area (Å²) in [5.41, 5.74) is 2.14. The van der Waals surface area contributed by atoms with Crippen molar-refractivity contribution >= 4 is 16.7 Å². The van der Waals surface area contributed by atoms with E-state index in [2.05, 4.69) is 38.0 Å². The van der Waals surface area contributed by atoms with Crippen molar-refractivity contribution in [1.82, 2.24) is 14.8 Å². The van der Waals surface area contributed by atoms with Crippen LogP contribution in [-0.4, -0.2) is 47.2 Å². The van der Waals surface area contributed by atoms with Gasteiger partial charge in [-0.2, -0.15) is 0 Å². The van der Waals surface area contributed by atoms with Gasteiger partial charge in [0.05, 0.1) is 11.1 Å². The van der Waals surface area contributed by atoms with Crippen LogP contribution < -0.4 is 15.6 Å². The second-order valence-corrected chi connectivity index (χ2v) is 9.93. The molecule has 1 amide bonds. The molecule has 174 valence electrons. The van der Waals surface area contributed by atoms with Gasteiger partial charge in [-0.3, -0.25) is 19.1 Å². The summed E-state index contributed by atoms with van der Waals surface area (Å²) in [6, 6.07) is 13.3. The van der Waals surface area contributed by atoms with Crippen molar-refractivity contribution in [3.05, 3.63) is 70.1 Å². The topological polar surface area (TPSA) is 63.6 Å². The van der Waals surface area contributed by atoms with Crippen LogP contribution in [0.3, 0.4) is 0 Å². The van der Waals surface area contributed by atoms with E-state index in [4.69, 9.17) is 4.74 Å². The third-order valence-corrected chi connectivity index (χ3v) is 6.36. The van der Waals surface area contributed by atoms with Gasteiger partial charge in [0, 0.05) is 29.9 Å². The molecule has 3 aromatic rings. The maximum absolute atomic E-state index is 13.4. The van der Waals surface area contributed by atoms with E-state index < -0.39 is 0 Å². The number of aryl methyl sites for hydroxylation is 1. The zero-order valence-electron chi connectivity index (χ0n) is 20.1. The van der Waals surface area contributed by atoms with Crippen molar-refractivity contribution in [3.63, 3.8) is 0 Å². The second-order valence-electron chi connectivity index (χ2n) is 9.93. The molecule has 1 aliphatic rings. The van der Waals surface area contributed by atoms with Gasteiger partial charge in [0.1, 0.15) is 12.4 Å². The van der Waals surface area contributed by atoms with Crippen LogP contribution in [0.25, 0.3) is 16.5 Å². The molecule has 0 bridgehead atoms. The van der Waals surface area contributed by atoms with Gasteiger partial charge in [0.25, 0.3) is 11.5 Å². The van der Waals surface area contributed by atoms with E-state index in [1.807, 2.05) is 43.3 Å². The molecule has 0 radical (unpaired) electrons. The highest BCUT2D eigenvalue weighted by Crippen LogP contribution is 2.23. The fourth-order valence-electron chi connectivity index (χ4n) is 3.64. The number of fused-ring (bicyclic) bond motifs is 1. The molecular weight excluding hydrogens is 414 g/mol. The molecule has 0 aliphatic heterocycles. The van der Waals surface area contributed by atoms with Crippen molar-refractivity contribution in [2.24, 2.45) is 0 Å². The van der Waals surface area contributed by atoms with Crippen LogP contribution in [0, 0.1) is 6.92 Å².